The number of non-ortho nitro benzene ring substituents is 1. The monoisotopic (exact) mass is 319 g/mol. The van der Waals surface area contributed by atoms with Crippen LogP contribution in [0.3, 0.4) is 0 Å². The Kier molecular flexibility index (Phi) is 4.70. The van der Waals surface area contributed by atoms with Gasteiger partial charge in [0.1, 0.15) is 5.75 Å². The minimum absolute atomic E-state index is 0.0244. The average molecular weight is 320 g/mol. The predicted molar refractivity (Wildman–Crippen MR) is 81.3 cm³/mol. The first-order valence-electron chi connectivity index (χ1n) is 6.04. The first-order chi connectivity index (χ1) is 10.5. The second-order valence-electron chi connectivity index (χ2n) is 4.21. The topological polar surface area (TPSA) is 105 Å². The molecule has 0 aliphatic rings. The number of hydrogen-bond acceptors (Lipinski definition) is 5. The van der Waals surface area contributed by atoms with Gasteiger partial charge in [0.2, 0.25) is 0 Å². The van der Waals surface area contributed by atoms with Crippen molar-refractivity contribution in [3.05, 3.63) is 68.7 Å². The highest BCUT2D eigenvalue weighted by Gasteiger charge is 2.10. The summed E-state index contributed by atoms with van der Waals surface area (Å²) in [6.07, 6.45) is 1.26. The van der Waals surface area contributed by atoms with Crippen molar-refractivity contribution in [1.82, 2.24) is 5.43 Å². The van der Waals surface area contributed by atoms with Crippen molar-refractivity contribution in [3.8, 4) is 5.75 Å². The molecule has 0 aromatic heterocycles. The fourth-order valence-corrected chi connectivity index (χ4v) is 1.81. The summed E-state index contributed by atoms with van der Waals surface area (Å²) >= 11 is 5.74. The number of rotatable bonds is 4. The van der Waals surface area contributed by atoms with Crippen LogP contribution in [0.2, 0.25) is 5.02 Å². The first kappa shape index (κ1) is 15.5. The molecule has 2 N–H and O–H groups in total. The molecule has 0 heterocycles. The Morgan fingerprint density at radius 3 is 2.82 bits per heavy atom. The van der Waals surface area contributed by atoms with Crippen LogP contribution in [-0.2, 0) is 0 Å². The lowest BCUT2D eigenvalue weighted by atomic mass is 10.2. The maximum atomic E-state index is 11.8. The zero-order valence-electron chi connectivity index (χ0n) is 11.1. The maximum absolute atomic E-state index is 11.8. The molecule has 0 aliphatic heterocycles. The van der Waals surface area contributed by atoms with Crippen molar-refractivity contribution in [2.45, 2.75) is 0 Å². The Morgan fingerprint density at radius 1 is 1.32 bits per heavy atom. The molecule has 0 atom stereocenters. The van der Waals surface area contributed by atoms with E-state index in [0.29, 0.717) is 10.6 Å². The summed E-state index contributed by atoms with van der Waals surface area (Å²) in [6, 6.07) is 9.80. The molecule has 112 valence electrons. The van der Waals surface area contributed by atoms with Crippen LogP contribution in [0.5, 0.6) is 5.75 Å². The second-order valence-corrected chi connectivity index (χ2v) is 4.65. The average Bonchev–Trinajstić information content (AvgIpc) is 2.50. The molecule has 0 radical (unpaired) electrons. The molecular weight excluding hydrogens is 310 g/mol. The van der Waals surface area contributed by atoms with Gasteiger partial charge in [-0.15, -0.1) is 0 Å². The van der Waals surface area contributed by atoms with Crippen LogP contribution in [0.1, 0.15) is 15.9 Å². The lowest BCUT2D eigenvalue weighted by Crippen LogP contribution is -2.17. The number of nitro groups is 1. The molecule has 0 spiro atoms. The van der Waals surface area contributed by atoms with Crippen molar-refractivity contribution < 1.29 is 14.8 Å². The van der Waals surface area contributed by atoms with Gasteiger partial charge in [-0.1, -0.05) is 23.7 Å². The third-order valence-electron chi connectivity index (χ3n) is 2.66. The lowest BCUT2D eigenvalue weighted by molar-refractivity contribution is -0.384. The lowest BCUT2D eigenvalue weighted by Gasteiger charge is -2.03. The van der Waals surface area contributed by atoms with Gasteiger partial charge >= 0.3 is 0 Å². The minimum Gasteiger partial charge on any atom is -0.507 e. The Hall–Kier alpha value is -2.93. The Labute approximate surface area is 130 Å². The van der Waals surface area contributed by atoms with Crippen molar-refractivity contribution in [2.24, 2.45) is 5.10 Å². The van der Waals surface area contributed by atoms with Crippen LogP contribution in [0.15, 0.2) is 47.6 Å². The van der Waals surface area contributed by atoms with Gasteiger partial charge in [0.05, 0.1) is 16.7 Å². The van der Waals surface area contributed by atoms with E-state index in [4.69, 9.17) is 11.6 Å². The molecule has 22 heavy (non-hydrogen) atoms. The minimum atomic E-state index is -0.651. The normalized spacial score (nSPS) is 10.6. The van der Waals surface area contributed by atoms with E-state index >= 15 is 0 Å². The summed E-state index contributed by atoms with van der Waals surface area (Å²) in [7, 11) is 0. The number of aromatic hydroxyl groups is 1. The SMILES string of the molecule is O=C(N/N=C\c1cccc([N+](=O)[O-])c1)c1cc(Cl)ccc1O. The van der Waals surface area contributed by atoms with Gasteiger partial charge in [-0.2, -0.15) is 5.10 Å². The van der Waals surface area contributed by atoms with Crippen molar-refractivity contribution >= 4 is 29.4 Å². The van der Waals surface area contributed by atoms with Crippen LogP contribution >= 0.6 is 11.6 Å². The smallest absolute Gasteiger partial charge is 0.275 e. The summed E-state index contributed by atoms with van der Waals surface area (Å²) in [5.41, 5.74) is 2.55. The summed E-state index contributed by atoms with van der Waals surface area (Å²) in [5.74, 6) is -0.880. The van der Waals surface area contributed by atoms with Gasteiger partial charge in [-0.05, 0) is 18.2 Å². The molecule has 8 heteroatoms. The van der Waals surface area contributed by atoms with Gasteiger partial charge in [0.25, 0.3) is 11.6 Å². The number of nitro benzene ring substituents is 1. The van der Waals surface area contributed by atoms with E-state index in [1.165, 1.54) is 42.6 Å². The van der Waals surface area contributed by atoms with E-state index in [2.05, 4.69) is 10.5 Å². The summed E-state index contributed by atoms with van der Waals surface area (Å²) in [5, 5.41) is 24.2. The number of benzene rings is 2. The summed E-state index contributed by atoms with van der Waals surface area (Å²) in [4.78, 5) is 21.9. The highest BCUT2D eigenvalue weighted by atomic mass is 35.5. The number of halogens is 1. The number of hydrogen-bond donors (Lipinski definition) is 2. The maximum Gasteiger partial charge on any atom is 0.275 e. The molecule has 1 amide bonds. The van der Waals surface area contributed by atoms with Crippen molar-refractivity contribution in [1.29, 1.82) is 0 Å². The van der Waals surface area contributed by atoms with E-state index in [9.17, 15) is 20.0 Å². The number of nitrogens with zero attached hydrogens (tertiary/aromatic N) is 2. The zero-order valence-corrected chi connectivity index (χ0v) is 11.8. The van der Waals surface area contributed by atoms with Crippen LogP contribution in [0.25, 0.3) is 0 Å². The van der Waals surface area contributed by atoms with E-state index in [0.717, 1.165) is 0 Å². The van der Waals surface area contributed by atoms with E-state index in [-0.39, 0.29) is 17.0 Å². The van der Waals surface area contributed by atoms with Crippen LogP contribution in [-0.4, -0.2) is 22.2 Å². The number of nitrogens with one attached hydrogen (secondary N) is 1. The molecular formula is C14H10ClN3O4. The quantitative estimate of drug-likeness (QED) is 0.513. The van der Waals surface area contributed by atoms with Crippen molar-refractivity contribution in [3.63, 3.8) is 0 Å². The molecule has 2 rings (SSSR count). The Bertz CT molecular complexity index is 762. The Morgan fingerprint density at radius 2 is 2.09 bits per heavy atom. The van der Waals surface area contributed by atoms with E-state index < -0.39 is 10.8 Å². The van der Waals surface area contributed by atoms with Crippen LogP contribution in [0.4, 0.5) is 5.69 Å². The second kappa shape index (κ2) is 6.68. The number of carbonyl (C=O) groups is 1. The highest BCUT2D eigenvalue weighted by molar-refractivity contribution is 6.31. The van der Waals surface area contributed by atoms with Gasteiger partial charge in [0.15, 0.2) is 0 Å². The molecule has 2 aromatic carbocycles. The summed E-state index contributed by atoms with van der Waals surface area (Å²) < 4.78 is 0. The number of hydrazone groups is 1. The predicted octanol–water partition coefficient (Wildman–Crippen LogP) is 2.72. The summed E-state index contributed by atoms with van der Waals surface area (Å²) in [6.45, 7) is 0. The zero-order chi connectivity index (χ0) is 16.1. The molecule has 0 fully saturated rings. The molecule has 2 aromatic rings. The largest absolute Gasteiger partial charge is 0.507 e. The van der Waals surface area contributed by atoms with Crippen LogP contribution in [0, 0.1) is 10.1 Å². The highest BCUT2D eigenvalue weighted by Crippen LogP contribution is 2.21. The molecule has 0 bridgehead atoms. The number of phenolic OH excluding ortho intramolecular Hbond substituents is 1. The van der Waals surface area contributed by atoms with Gasteiger partial charge < -0.3 is 5.11 Å². The number of carbonyl (C=O) groups excluding carboxylic acids is 1. The van der Waals surface area contributed by atoms with E-state index in [1.54, 1.807) is 6.07 Å². The number of phenols is 1. The van der Waals surface area contributed by atoms with E-state index in [1.807, 2.05) is 0 Å². The van der Waals surface area contributed by atoms with Gasteiger partial charge in [0, 0.05) is 22.7 Å². The fraction of sp³-hybridized carbons (Fsp3) is 0. The Balaban J connectivity index is 2.09. The number of amides is 1. The molecule has 0 aliphatic carbocycles. The van der Waals surface area contributed by atoms with Gasteiger partial charge in [-0.25, -0.2) is 5.43 Å². The van der Waals surface area contributed by atoms with Crippen LogP contribution < -0.4 is 5.43 Å². The third-order valence-corrected chi connectivity index (χ3v) is 2.90. The molecule has 0 unspecified atom stereocenters. The fourth-order valence-electron chi connectivity index (χ4n) is 1.63. The van der Waals surface area contributed by atoms with Crippen molar-refractivity contribution in [2.75, 3.05) is 0 Å². The standard InChI is InChI=1S/C14H10ClN3O4/c15-10-4-5-13(19)12(7-10)14(20)17-16-8-9-2-1-3-11(6-9)18(21)22/h1-8,19H,(H,17,20)/b16-8-. The van der Waals surface area contributed by atoms with Gasteiger partial charge in [-0.3, -0.25) is 14.9 Å². The molecule has 7 nitrogen and oxygen atoms in total. The third kappa shape index (κ3) is 3.80. The molecule has 0 saturated heterocycles. The first-order valence-corrected chi connectivity index (χ1v) is 6.41. The molecule has 0 saturated carbocycles.